The summed E-state index contributed by atoms with van der Waals surface area (Å²) in [5, 5.41) is 3.94. The Labute approximate surface area is 131 Å². The number of hydrogen-bond donors (Lipinski definition) is 2. The molecule has 1 aromatic heterocycles. The fourth-order valence-corrected chi connectivity index (χ4v) is 3.08. The molecule has 1 heterocycles. The molecule has 0 saturated heterocycles. The third-order valence-corrected chi connectivity index (χ3v) is 4.61. The second kappa shape index (κ2) is 6.09. The Bertz CT molecular complexity index is 610. The van der Waals surface area contributed by atoms with Gasteiger partial charge in [0.2, 0.25) is 0 Å². The Kier molecular flexibility index (Phi) is 4.68. The summed E-state index contributed by atoms with van der Waals surface area (Å²) >= 11 is 18.6. The van der Waals surface area contributed by atoms with E-state index >= 15 is 0 Å². The van der Waals surface area contributed by atoms with Gasteiger partial charge in [-0.1, -0.05) is 35.4 Å². The van der Waals surface area contributed by atoms with Gasteiger partial charge in [0.05, 0.1) is 21.1 Å². The second-order valence-electron chi connectivity index (χ2n) is 4.07. The fourth-order valence-electron chi connectivity index (χ4n) is 1.65. The lowest BCUT2D eigenvalue weighted by atomic mass is 10.2. The summed E-state index contributed by atoms with van der Waals surface area (Å²) in [6.07, 6.45) is 0. The molecule has 0 aliphatic heterocycles. The normalized spacial score (nSPS) is 12.2. The van der Waals surface area contributed by atoms with Gasteiger partial charge in [-0.3, -0.25) is 0 Å². The third kappa shape index (κ3) is 3.60. The Morgan fingerprint density at radius 2 is 2.05 bits per heavy atom. The molecule has 2 aromatic rings. The minimum Gasteiger partial charge on any atom is -0.389 e. The van der Waals surface area contributed by atoms with Crippen LogP contribution in [0.15, 0.2) is 30.3 Å². The molecule has 0 saturated carbocycles. The smallest absolute Gasteiger partial charge is 0.104 e. The summed E-state index contributed by atoms with van der Waals surface area (Å²) < 4.78 is 0.776. The van der Waals surface area contributed by atoms with Crippen LogP contribution in [0.4, 0.5) is 5.69 Å². The summed E-state index contributed by atoms with van der Waals surface area (Å²) in [6, 6.07) is 9.51. The lowest BCUT2D eigenvalue weighted by Gasteiger charge is -2.15. The predicted octanol–water partition coefficient (Wildman–Crippen LogP) is 4.86. The molecular formula is C13H12Cl2N2S2. The molecule has 2 rings (SSSR count). The topological polar surface area (TPSA) is 38.0 Å². The number of halogens is 2. The van der Waals surface area contributed by atoms with Crippen LogP contribution in [0.3, 0.4) is 0 Å². The average Bonchev–Trinajstić information content (AvgIpc) is 2.78. The first kappa shape index (κ1) is 14.6. The van der Waals surface area contributed by atoms with E-state index in [-0.39, 0.29) is 6.04 Å². The molecule has 1 aromatic carbocycles. The van der Waals surface area contributed by atoms with Crippen LogP contribution < -0.4 is 11.1 Å². The SMILES string of the molecule is CC(Nc1ccc(C(N)=S)cc1Cl)c1ccc(Cl)s1. The zero-order chi connectivity index (χ0) is 14.0. The van der Waals surface area contributed by atoms with Gasteiger partial charge in [-0.15, -0.1) is 11.3 Å². The summed E-state index contributed by atoms with van der Waals surface area (Å²) in [5.74, 6) is 0. The van der Waals surface area contributed by atoms with Gasteiger partial charge in [0.15, 0.2) is 0 Å². The number of nitrogens with two attached hydrogens (primary N) is 1. The number of rotatable bonds is 4. The molecule has 1 unspecified atom stereocenters. The predicted molar refractivity (Wildman–Crippen MR) is 88.7 cm³/mol. The molecule has 0 fully saturated rings. The summed E-state index contributed by atoms with van der Waals surface area (Å²) in [4.78, 5) is 1.49. The van der Waals surface area contributed by atoms with Gasteiger partial charge in [-0.05, 0) is 37.3 Å². The highest BCUT2D eigenvalue weighted by Gasteiger charge is 2.10. The summed E-state index contributed by atoms with van der Waals surface area (Å²) in [5.41, 5.74) is 7.17. The van der Waals surface area contributed by atoms with Crippen molar-refractivity contribution in [3.63, 3.8) is 0 Å². The first-order chi connectivity index (χ1) is 8.97. The van der Waals surface area contributed by atoms with Gasteiger partial charge < -0.3 is 11.1 Å². The monoisotopic (exact) mass is 330 g/mol. The summed E-state index contributed by atoms with van der Waals surface area (Å²) in [7, 11) is 0. The molecule has 0 amide bonds. The van der Waals surface area contributed by atoms with Crippen LogP contribution in [-0.2, 0) is 0 Å². The van der Waals surface area contributed by atoms with E-state index in [1.54, 1.807) is 17.4 Å². The number of benzene rings is 1. The van der Waals surface area contributed by atoms with E-state index in [4.69, 9.17) is 41.2 Å². The largest absolute Gasteiger partial charge is 0.389 e. The van der Waals surface area contributed by atoms with Gasteiger partial charge in [-0.2, -0.15) is 0 Å². The first-order valence-corrected chi connectivity index (χ1v) is 7.56. The van der Waals surface area contributed by atoms with Crippen molar-refractivity contribution in [2.75, 3.05) is 5.32 Å². The van der Waals surface area contributed by atoms with Crippen LogP contribution in [0.1, 0.15) is 23.4 Å². The van der Waals surface area contributed by atoms with Crippen molar-refractivity contribution >= 4 is 57.4 Å². The highest BCUT2D eigenvalue weighted by molar-refractivity contribution is 7.80. The minimum absolute atomic E-state index is 0.130. The van der Waals surface area contributed by atoms with E-state index in [2.05, 4.69) is 12.2 Å². The number of anilines is 1. The molecule has 0 spiro atoms. The van der Waals surface area contributed by atoms with Crippen molar-refractivity contribution in [2.24, 2.45) is 5.73 Å². The lowest BCUT2D eigenvalue weighted by molar-refractivity contribution is 0.908. The fraction of sp³-hybridized carbons (Fsp3) is 0.154. The van der Waals surface area contributed by atoms with Gasteiger partial charge in [-0.25, -0.2) is 0 Å². The molecule has 0 aliphatic carbocycles. The van der Waals surface area contributed by atoms with Crippen LogP contribution in [-0.4, -0.2) is 4.99 Å². The van der Waals surface area contributed by atoms with E-state index in [1.807, 2.05) is 24.3 Å². The molecule has 0 aliphatic rings. The van der Waals surface area contributed by atoms with Crippen molar-refractivity contribution < 1.29 is 0 Å². The molecule has 0 radical (unpaired) electrons. The molecule has 1 atom stereocenters. The second-order valence-corrected chi connectivity index (χ2v) is 6.66. The molecule has 2 nitrogen and oxygen atoms in total. The van der Waals surface area contributed by atoms with Crippen molar-refractivity contribution in [3.05, 3.63) is 50.1 Å². The van der Waals surface area contributed by atoms with Crippen molar-refractivity contribution in [3.8, 4) is 0 Å². The molecule has 0 bridgehead atoms. The van der Waals surface area contributed by atoms with E-state index in [9.17, 15) is 0 Å². The molecule has 6 heteroatoms. The van der Waals surface area contributed by atoms with E-state index in [0.717, 1.165) is 20.5 Å². The van der Waals surface area contributed by atoms with Crippen LogP contribution >= 0.6 is 46.8 Å². The number of thiocarbonyl (C=S) groups is 1. The van der Waals surface area contributed by atoms with E-state index in [0.29, 0.717) is 10.0 Å². The maximum Gasteiger partial charge on any atom is 0.104 e. The van der Waals surface area contributed by atoms with Crippen LogP contribution in [0, 0.1) is 0 Å². The third-order valence-electron chi connectivity index (χ3n) is 2.65. The highest BCUT2D eigenvalue weighted by Crippen LogP contribution is 2.31. The van der Waals surface area contributed by atoms with Gasteiger partial charge in [0, 0.05) is 10.4 Å². The zero-order valence-electron chi connectivity index (χ0n) is 10.1. The number of thiophene rings is 1. The Morgan fingerprint density at radius 1 is 1.32 bits per heavy atom. The van der Waals surface area contributed by atoms with Gasteiger partial charge >= 0.3 is 0 Å². The zero-order valence-corrected chi connectivity index (χ0v) is 13.3. The Morgan fingerprint density at radius 3 is 2.58 bits per heavy atom. The molecule has 3 N–H and O–H groups in total. The minimum atomic E-state index is 0.130. The van der Waals surface area contributed by atoms with Crippen LogP contribution in [0.2, 0.25) is 9.36 Å². The maximum atomic E-state index is 6.21. The lowest BCUT2D eigenvalue weighted by Crippen LogP contribution is -2.10. The number of nitrogens with one attached hydrogen (secondary N) is 1. The summed E-state index contributed by atoms with van der Waals surface area (Å²) in [6.45, 7) is 2.06. The van der Waals surface area contributed by atoms with E-state index < -0.39 is 0 Å². The average molecular weight is 331 g/mol. The van der Waals surface area contributed by atoms with E-state index in [1.165, 1.54) is 0 Å². The standard InChI is InChI=1S/C13H12Cl2N2S2/c1-7(11-4-5-12(15)19-11)17-10-3-2-8(13(16)18)6-9(10)14/h2-7,17H,1H3,(H2,16,18). The van der Waals surface area contributed by atoms with Gasteiger partial charge in [0.1, 0.15) is 4.99 Å². The van der Waals surface area contributed by atoms with Crippen molar-refractivity contribution in [2.45, 2.75) is 13.0 Å². The van der Waals surface area contributed by atoms with Crippen molar-refractivity contribution in [1.29, 1.82) is 0 Å². The van der Waals surface area contributed by atoms with Crippen LogP contribution in [0.5, 0.6) is 0 Å². The maximum absolute atomic E-state index is 6.21. The quantitative estimate of drug-likeness (QED) is 0.786. The Hall–Kier alpha value is -0.810. The molecular weight excluding hydrogens is 319 g/mol. The number of hydrogen-bond acceptors (Lipinski definition) is 3. The first-order valence-electron chi connectivity index (χ1n) is 5.58. The van der Waals surface area contributed by atoms with Crippen molar-refractivity contribution in [1.82, 2.24) is 0 Å². The van der Waals surface area contributed by atoms with Crippen LogP contribution in [0.25, 0.3) is 0 Å². The Balaban J connectivity index is 2.17. The molecule has 19 heavy (non-hydrogen) atoms. The van der Waals surface area contributed by atoms with Gasteiger partial charge in [0.25, 0.3) is 0 Å². The highest BCUT2D eigenvalue weighted by atomic mass is 35.5. The molecule has 100 valence electrons.